The molecule has 0 fully saturated rings. The van der Waals surface area contributed by atoms with Crippen LogP contribution in [0, 0.1) is 0 Å². The normalized spacial score (nSPS) is 9.87. The van der Waals surface area contributed by atoms with E-state index in [9.17, 15) is 4.79 Å². The summed E-state index contributed by atoms with van der Waals surface area (Å²) in [5.74, 6) is 0. The molecule has 0 unspecified atom stereocenters. The van der Waals surface area contributed by atoms with Gasteiger partial charge in [-0.25, -0.2) is 0 Å². The monoisotopic (exact) mass is 200 g/mol. The molecular weight excluding hydrogens is 190 g/mol. The first-order chi connectivity index (χ1) is 7.29. The van der Waals surface area contributed by atoms with Crippen molar-refractivity contribution in [2.24, 2.45) is 0 Å². The van der Waals surface area contributed by atoms with Gasteiger partial charge in [-0.3, -0.25) is 0 Å². The molecule has 0 spiro atoms. The molecule has 0 saturated heterocycles. The van der Waals surface area contributed by atoms with Crippen molar-refractivity contribution in [3.8, 4) is 11.3 Å². The third-order valence-corrected chi connectivity index (χ3v) is 2.14. The first-order valence-corrected chi connectivity index (χ1v) is 4.58. The molecule has 15 heavy (non-hydrogen) atoms. The van der Waals surface area contributed by atoms with Crippen LogP contribution in [-0.4, -0.2) is 11.2 Å². The lowest BCUT2D eigenvalue weighted by atomic mass is 10.1. The fourth-order valence-electron chi connectivity index (χ4n) is 1.45. The number of hydrogen-bond acceptors (Lipinski definition) is 1. The van der Waals surface area contributed by atoms with E-state index in [1.165, 1.54) is 10.8 Å². The van der Waals surface area contributed by atoms with Crippen molar-refractivity contribution in [3.05, 3.63) is 54.7 Å². The van der Waals surface area contributed by atoms with Crippen LogP contribution in [0.5, 0.6) is 0 Å². The number of hydrogen-bond donors (Lipinski definition) is 1. The Hall–Kier alpha value is -2.16. The lowest BCUT2D eigenvalue weighted by molar-refractivity contribution is -0.572. The second kappa shape index (κ2) is 3.92. The van der Waals surface area contributed by atoms with Gasteiger partial charge in [0.15, 0.2) is 6.20 Å². The summed E-state index contributed by atoms with van der Waals surface area (Å²) in [4.78, 5) is 11.0. The number of nitrogens with zero attached hydrogens (tertiary/aromatic N) is 1. The standard InChI is InChI=1S/C12H9NO2/c14-12(15)13-9-5-4-8-11(13)10-6-2-1-3-7-10/h1-9H/p+1. The number of carbonyl (C=O) groups is 1. The van der Waals surface area contributed by atoms with Crippen molar-refractivity contribution >= 4 is 6.09 Å². The maximum atomic E-state index is 11.0. The van der Waals surface area contributed by atoms with E-state index in [4.69, 9.17) is 5.11 Å². The predicted molar refractivity (Wildman–Crippen MR) is 55.5 cm³/mol. The minimum Gasteiger partial charge on any atom is -0.427 e. The van der Waals surface area contributed by atoms with Gasteiger partial charge in [-0.1, -0.05) is 22.8 Å². The molecule has 2 aromatic rings. The Kier molecular flexibility index (Phi) is 2.46. The first kappa shape index (κ1) is 9.40. The summed E-state index contributed by atoms with van der Waals surface area (Å²) in [5.41, 5.74) is 1.56. The molecule has 0 amide bonds. The van der Waals surface area contributed by atoms with Crippen molar-refractivity contribution < 1.29 is 14.5 Å². The highest BCUT2D eigenvalue weighted by Crippen LogP contribution is 2.13. The highest BCUT2D eigenvalue weighted by molar-refractivity contribution is 5.62. The Morgan fingerprint density at radius 3 is 2.33 bits per heavy atom. The Balaban J connectivity index is 2.58. The van der Waals surface area contributed by atoms with Crippen molar-refractivity contribution in [3.63, 3.8) is 0 Å². The van der Waals surface area contributed by atoms with Gasteiger partial charge in [0.2, 0.25) is 5.69 Å². The second-order valence-electron chi connectivity index (χ2n) is 3.10. The van der Waals surface area contributed by atoms with E-state index in [1.54, 1.807) is 12.1 Å². The van der Waals surface area contributed by atoms with Crippen LogP contribution in [0.1, 0.15) is 0 Å². The van der Waals surface area contributed by atoms with E-state index in [-0.39, 0.29) is 0 Å². The molecule has 0 bridgehead atoms. The topological polar surface area (TPSA) is 41.2 Å². The van der Waals surface area contributed by atoms with Crippen molar-refractivity contribution in [1.29, 1.82) is 0 Å². The zero-order valence-electron chi connectivity index (χ0n) is 8.00. The lowest BCUT2D eigenvalue weighted by Crippen LogP contribution is -2.43. The van der Waals surface area contributed by atoms with Crippen LogP contribution >= 0.6 is 0 Å². The molecule has 0 aliphatic rings. The lowest BCUT2D eigenvalue weighted by Gasteiger charge is -1.97. The fraction of sp³-hybridized carbons (Fsp3) is 0. The summed E-state index contributed by atoms with van der Waals surface area (Å²) in [6.45, 7) is 0. The van der Waals surface area contributed by atoms with Crippen LogP contribution in [0.4, 0.5) is 4.79 Å². The third-order valence-electron chi connectivity index (χ3n) is 2.14. The van der Waals surface area contributed by atoms with Gasteiger partial charge in [0.25, 0.3) is 0 Å². The molecule has 0 aliphatic carbocycles. The van der Waals surface area contributed by atoms with E-state index < -0.39 is 6.09 Å². The van der Waals surface area contributed by atoms with Crippen molar-refractivity contribution in [1.82, 2.24) is 0 Å². The van der Waals surface area contributed by atoms with Crippen molar-refractivity contribution in [2.45, 2.75) is 0 Å². The van der Waals surface area contributed by atoms with Crippen LogP contribution in [-0.2, 0) is 0 Å². The molecule has 2 rings (SSSR count). The largest absolute Gasteiger partial charge is 0.599 e. The fourth-order valence-corrected chi connectivity index (χ4v) is 1.45. The number of rotatable bonds is 1. The first-order valence-electron chi connectivity index (χ1n) is 4.58. The number of benzene rings is 1. The smallest absolute Gasteiger partial charge is 0.427 e. The molecule has 74 valence electrons. The summed E-state index contributed by atoms with van der Waals surface area (Å²) in [5, 5.41) is 8.99. The maximum Gasteiger partial charge on any atom is 0.599 e. The molecule has 3 nitrogen and oxygen atoms in total. The molecule has 1 heterocycles. The Bertz CT molecular complexity index is 480. The molecule has 0 saturated carbocycles. The maximum absolute atomic E-state index is 11.0. The summed E-state index contributed by atoms with van der Waals surface area (Å²) in [6, 6.07) is 14.7. The van der Waals surface area contributed by atoms with E-state index in [0.717, 1.165) is 5.56 Å². The van der Waals surface area contributed by atoms with E-state index in [1.807, 2.05) is 36.4 Å². The minimum atomic E-state index is -0.977. The molecule has 1 aromatic heterocycles. The van der Waals surface area contributed by atoms with Crippen LogP contribution in [0.25, 0.3) is 11.3 Å². The van der Waals surface area contributed by atoms with Gasteiger partial charge in [-0.2, -0.15) is 4.79 Å². The molecule has 1 aromatic carbocycles. The van der Waals surface area contributed by atoms with E-state index in [2.05, 4.69) is 0 Å². The molecular formula is C12H10NO2+. The molecule has 0 radical (unpaired) electrons. The summed E-state index contributed by atoms with van der Waals surface area (Å²) < 4.78 is 1.20. The van der Waals surface area contributed by atoms with Gasteiger partial charge in [0.05, 0.1) is 0 Å². The minimum absolute atomic E-state index is 0.672. The summed E-state index contributed by atoms with van der Waals surface area (Å²) in [6.07, 6.45) is 0.555. The van der Waals surface area contributed by atoms with Crippen LogP contribution in [0.15, 0.2) is 54.7 Å². The Morgan fingerprint density at radius 2 is 1.67 bits per heavy atom. The highest BCUT2D eigenvalue weighted by Gasteiger charge is 2.18. The zero-order chi connectivity index (χ0) is 10.7. The summed E-state index contributed by atoms with van der Waals surface area (Å²) >= 11 is 0. The SMILES string of the molecule is O=C(O)[n+]1ccccc1-c1ccccc1. The van der Waals surface area contributed by atoms with E-state index in [0.29, 0.717) is 5.69 Å². The quantitative estimate of drug-likeness (QED) is 0.717. The number of carboxylic acid groups (broad SMARTS) is 1. The third kappa shape index (κ3) is 1.86. The van der Waals surface area contributed by atoms with Gasteiger partial charge in [0.1, 0.15) is 0 Å². The molecule has 0 aliphatic heterocycles. The summed E-state index contributed by atoms with van der Waals surface area (Å²) in [7, 11) is 0. The Labute approximate surface area is 87.2 Å². The predicted octanol–water partition coefficient (Wildman–Crippen LogP) is 2.17. The highest BCUT2D eigenvalue weighted by atomic mass is 16.4. The molecule has 3 heteroatoms. The van der Waals surface area contributed by atoms with Gasteiger partial charge in [-0.05, 0) is 18.2 Å². The average molecular weight is 200 g/mol. The van der Waals surface area contributed by atoms with Crippen molar-refractivity contribution in [2.75, 3.05) is 0 Å². The number of pyridine rings is 1. The van der Waals surface area contributed by atoms with Crippen LogP contribution in [0.2, 0.25) is 0 Å². The second-order valence-corrected chi connectivity index (χ2v) is 3.10. The van der Waals surface area contributed by atoms with Gasteiger partial charge < -0.3 is 5.11 Å². The number of aromatic nitrogens is 1. The Morgan fingerprint density at radius 1 is 1.00 bits per heavy atom. The van der Waals surface area contributed by atoms with Gasteiger partial charge in [0, 0.05) is 17.7 Å². The van der Waals surface area contributed by atoms with Crippen LogP contribution < -0.4 is 4.57 Å². The van der Waals surface area contributed by atoms with Gasteiger partial charge in [-0.15, -0.1) is 0 Å². The van der Waals surface area contributed by atoms with Gasteiger partial charge >= 0.3 is 6.09 Å². The zero-order valence-corrected chi connectivity index (χ0v) is 8.00. The van der Waals surface area contributed by atoms with E-state index >= 15 is 0 Å². The molecule has 0 atom stereocenters. The average Bonchev–Trinajstić information content (AvgIpc) is 2.30. The molecule has 1 N–H and O–H groups in total. The van der Waals surface area contributed by atoms with Crippen LogP contribution in [0.3, 0.4) is 0 Å².